The van der Waals surface area contributed by atoms with Crippen molar-refractivity contribution in [3.05, 3.63) is 47.7 Å². The van der Waals surface area contributed by atoms with Gasteiger partial charge >= 0.3 is 0 Å². The van der Waals surface area contributed by atoms with Gasteiger partial charge in [0.25, 0.3) is 12.3 Å². The number of carbonyl (C=O) groups is 1. The highest BCUT2D eigenvalue weighted by Gasteiger charge is 2.27. The molecule has 9 heteroatoms. The number of carbonyl (C=O) groups excluding carboxylic acids is 1. The van der Waals surface area contributed by atoms with E-state index in [1.165, 1.54) is 18.3 Å². The maximum atomic E-state index is 13.5. The van der Waals surface area contributed by atoms with E-state index >= 15 is 0 Å². The first-order valence-electron chi connectivity index (χ1n) is 8.44. The lowest BCUT2D eigenvalue weighted by Crippen LogP contribution is -2.39. The number of amides is 1. The molecule has 144 valence electrons. The van der Waals surface area contributed by atoms with Crippen molar-refractivity contribution in [1.82, 2.24) is 14.9 Å². The topological polar surface area (TPSA) is 75.5 Å². The zero-order chi connectivity index (χ0) is 19.4. The van der Waals surface area contributed by atoms with Gasteiger partial charge in [-0.05, 0) is 30.5 Å². The molecule has 0 radical (unpaired) electrons. The monoisotopic (exact) mass is 381 g/mol. The van der Waals surface area contributed by atoms with Gasteiger partial charge in [0.1, 0.15) is 17.3 Å². The molecule has 0 spiro atoms. The highest BCUT2D eigenvalue weighted by Crippen LogP contribution is 2.30. The van der Waals surface area contributed by atoms with Crippen molar-refractivity contribution in [2.24, 2.45) is 0 Å². The lowest BCUT2D eigenvalue weighted by Gasteiger charge is -2.32. The first-order valence-corrected chi connectivity index (χ1v) is 8.44. The van der Waals surface area contributed by atoms with Crippen LogP contribution in [0.4, 0.5) is 13.2 Å². The number of ether oxygens (including phenoxy) is 1. The van der Waals surface area contributed by atoms with Crippen molar-refractivity contribution in [2.45, 2.75) is 25.2 Å². The molecule has 1 N–H and O–H groups in total. The number of rotatable bonds is 5. The second-order valence-electron chi connectivity index (χ2n) is 6.28. The summed E-state index contributed by atoms with van der Waals surface area (Å²) in [6, 6.07) is 3.88. The number of hydrogen-bond donors (Lipinski definition) is 1. The smallest absolute Gasteiger partial charge is 0.274 e. The zero-order valence-electron chi connectivity index (χ0n) is 14.3. The molecule has 1 aliphatic heterocycles. The van der Waals surface area contributed by atoms with Crippen molar-refractivity contribution in [1.29, 1.82) is 0 Å². The average molecular weight is 381 g/mol. The Kier molecular flexibility index (Phi) is 5.78. The lowest BCUT2D eigenvalue weighted by molar-refractivity contribution is 0.0696. The Morgan fingerprint density at radius 3 is 2.78 bits per heavy atom. The molecule has 1 aliphatic rings. The largest absolute Gasteiger partial charge is 0.508 e. The van der Waals surface area contributed by atoms with Crippen molar-refractivity contribution in [3.63, 3.8) is 0 Å². The number of aromatic hydroxyl groups is 1. The molecule has 0 saturated carbocycles. The molecule has 2 aromatic rings. The van der Waals surface area contributed by atoms with Crippen LogP contribution in [0.3, 0.4) is 0 Å². The molecule has 1 aromatic heterocycles. The lowest BCUT2D eigenvalue weighted by atomic mass is 9.90. The fourth-order valence-corrected chi connectivity index (χ4v) is 3.08. The summed E-state index contributed by atoms with van der Waals surface area (Å²) in [7, 11) is 0. The molecular weight excluding hydrogens is 363 g/mol. The standard InChI is InChI=1S/C18H18F3N3O3/c19-13-4-12(5-14(25)6-13)11-2-1-3-24(9-11)18(26)15-7-23-17(8-22-15)27-10-16(20)21/h4-8,11,16,25H,1-3,9-10H2. The number of phenols is 1. The van der Waals surface area contributed by atoms with Gasteiger partial charge in [0.05, 0.1) is 12.4 Å². The number of benzene rings is 1. The number of nitrogens with zero attached hydrogens (tertiary/aromatic N) is 3. The number of aromatic nitrogens is 2. The second kappa shape index (κ2) is 8.24. The van der Waals surface area contributed by atoms with Gasteiger partial charge in [0.15, 0.2) is 6.61 Å². The van der Waals surface area contributed by atoms with E-state index in [0.29, 0.717) is 18.7 Å². The van der Waals surface area contributed by atoms with Crippen LogP contribution in [0, 0.1) is 5.82 Å². The van der Waals surface area contributed by atoms with Crippen LogP contribution in [0.25, 0.3) is 0 Å². The Labute approximate surface area is 153 Å². The molecule has 1 amide bonds. The Bertz CT molecular complexity index is 782. The number of piperidine rings is 1. The van der Waals surface area contributed by atoms with Crippen LogP contribution in [0.5, 0.6) is 11.6 Å². The van der Waals surface area contributed by atoms with E-state index in [2.05, 4.69) is 9.97 Å². The van der Waals surface area contributed by atoms with Crippen LogP contribution in [0.2, 0.25) is 0 Å². The van der Waals surface area contributed by atoms with Crippen LogP contribution in [-0.2, 0) is 0 Å². The van der Waals surface area contributed by atoms with Gasteiger partial charge in [-0.25, -0.2) is 23.1 Å². The van der Waals surface area contributed by atoms with Gasteiger partial charge in [-0.3, -0.25) is 4.79 Å². The molecule has 1 fully saturated rings. The van der Waals surface area contributed by atoms with Gasteiger partial charge in [0.2, 0.25) is 5.88 Å². The van der Waals surface area contributed by atoms with E-state index in [9.17, 15) is 23.1 Å². The molecule has 1 unspecified atom stereocenters. The van der Waals surface area contributed by atoms with Crippen molar-refractivity contribution in [2.75, 3.05) is 19.7 Å². The summed E-state index contributed by atoms with van der Waals surface area (Å²) in [6.45, 7) is 0.0746. The van der Waals surface area contributed by atoms with Gasteiger partial charge in [-0.1, -0.05) is 0 Å². The molecule has 3 rings (SSSR count). The number of phenolic OH excluding ortho intramolecular Hbond substituents is 1. The van der Waals surface area contributed by atoms with E-state index in [0.717, 1.165) is 25.1 Å². The summed E-state index contributed by atoms with van der Waals surface area (Å²) in [5, 5.41) is 9.58. The number of halogens is 3. The predicted octanol–water partition coefficient (Wildman–Crippen LogP) is 2.99. The molecule has 1 aromatic carbocycles. The zero-order valence-corrected chi connectivity index (χ0v) is 14.3. The Morgan fingerprint density at radius 1 is 1.30 bits per heavy atom. The summed E-state index contributed by atoms with van der Waals surface area (Å²) in [6.07, 6.45) is 1.17. The van der Waals surface area contributed by atoms with Gasteiger partial charge in [0, 0.05) is 25.1 Å². The summed E-state index contributed by atoms with van der Waals surface area (Å²) < 4.78 is 42.5. The van der Waals surface area contributed by atoms with Crippen LogP contribution < -0.4 is 4.74 Å². The Hall–Kier alpha value is -2.84. The minimum Gasteiger partial charge on any atom is -0.508 e. The van der Waals surface area contributed by atoms with E-state index in [-0.39, 0.29) is 29.1 Å². The molecule has 0 bridgehead atoms. The quantitative estimate of drug-likeness (QED) is 0.862. The molecular formula is C18H18F3N3O3. The third kappa shape index (κ3) is 4.87. The predicted molar refractivity (Wildman–Crippen MR) is 89.5 cm³/mol. The van der Waals surface area contributed by atoms with Crippen LogP contribution in [0.1, 0.15) is 34.8 Å². The Morgan fingerprint density at radius 2 is 2.11 bits per heavy atom. The summed E-state index contributed by atoms with van der Waals surface area (Å²) in [5.41, 5.74) is 0.703. The highest BCUT2D eigenvalue weighted by molar-refractivity contribution is 5.92. The average Bonchev–Trinajstić information content (AvgIpc) is 2.65. The Balaban J connectivity index is 1.67. The van der Waals surface area contributed by atoms with Gasteiger partial charge in [-0.2, -0.15) is 0 Å². The summed E-state index contributed by atoms with van der Waals surface area (Å²) in [5.74, 6) is -1.23. The number of hydrogen-bond acceptors (Lipinski definition) is 5. The fraction of sp³-hybridized carbons (Fsp3) is 0.389. The molecule has 27 heavy (non-hydrogen) atoms. The van der Waals surface area contributed by atoms with Crippen molar-refractivity contribution < 1.29 is 27.8 Å². The second-order valence-corrected chi connectivity index (χ2v) is 6.28. The van der Waals surface area contributed by atoms with E-state index < -0.39 is 18.8 Å². The number of likely N-dealkylation sites (tertiary alicyclic amines) is 1. The van der Waals surface area contributed by atoms with Crippen molar-refractivity contribution >= 4 is 5.91 Å². The number of alkyl halides is 2. The van der Waals surface area contributed by atoms with Crippen LogP contribution >= 0.6 is 0 Å². The summed E-state index contributed by atoms with van der Waals surface area (Å²) in [4.78, 5) is 22.0. The SMILES string of the molecule is O=C(c1cnc(OCC(F)F)cn1)N1CCCC(c2cc(O)cc(F)c2)C1. The molecule has 1 saturated heterocycles. The first kappa shape index (κ1) is 18.9. The van der Waals surface area contributed by atoms with Gasteiger partial charge in [-0.15, -0.1) is 0 Å². The van der Waals surface area contributed by atoms with Gasteiger partial charge < -0.3 is 14.7 Å². The minimum atomic E-state index is -2.62. The maximum Gasteiger partial charge on any atom is 0.274 e. The first-order chi connectivity index (χ1) is 12.9. The summed E-state index contributed by atoms with van der Waals surface area (Å²) >= 11 is 0. The van der Waals surface area contributed by atoms with Crippen LogP contribution in [-0.4, -0.2) is 52.0 Å². The third-order valence-electron chi connectivity index (χ3n) is 4.29. The molecule has 2 heterocycles. The van der Waals surface area contributed by atoms with E-state index in [1.807, 2.05) is 0 Å². The van der Waals surface area contributed by atoms with Crippen LogP contribution in [0.15, 0.2) is 30.6 Å². The highest BCUT2D eigenvalue weighted by atomic mass is 19.3. The molecule has 0 aliphatic carbocycles. The van der Waals surface area contributed by atoms with E-state index in [1.54, 1.807) is 4.90 Å². The molecule has 1 atom stereocenters. The van der Waals surface area contributed by atoms with E-state index in [4.69, 9.17) is 4.74 Å². The van der Waals surface area contributed by atoms with Crippen molar-refractivity contribution in [3.8, 4) is 11.6 Å². The molecule has 6 nitrogen and oxygen atoms in total. The fourth-order valence-electron chi connectivity index (χ4n) is 3.08. The third-order valence-corrected chi connectivity index (χ3v) is 4.29. The minimum absolute atomic E-state index is 0.0714. The maximum absolute atomic E-state index is 13.5. The normalized spacial score (nSPS) is 17.2.